The Kier molecular flexibility index (Phi) is 3.15. The van der Waals surface area contributed by atoms with E-state index in [4.69, 9.17) is 10.5 Å². The second kappa shape index (κ2) is 4.73. The Hall–Kier alpha value is -0.0800. The Morgan fingerprint density at radius 1 is 1.00 bits per heavy atom. The first-order chi connectivity index (χ1) is 9.23. The highest BCUT2D eigenvalue weighted by Gasteiger charge is 2.53. The maximum atomic E-state index is 6.58. The van der Waals surface area contributed by atoms with E-state index >= 15 is 0 Å². The molecule has 5 rings (SSSR count). The molecule has 1 atom stereocenters. The monoisotopic (exact) mass is 263 g/mol. The molecular formula is C17H29NO. The van der Waals surface area contributed by atoms with Gasteiger partial charge in [-0.3, -0.25) is 0 Å². The van der Waals surface area contributed by atoms with Gasteiger partial charge < -0.3 is 10.5 Å². The largest absolute Gasteiger partial charge is 0.380 e. The van der Waals surface area contributed by atoms with E-state index in [1.807, 2.05) is 0 Å². The van der Waals surface area contributed by atoms with Crippen LogP contribution in [0.3, 0.4) is 0 Å². The minimum atomic E-state index is 0.306. The quantitative estimate of drug-likeness (QED) is 0.746. The molecule has 0 aromatic carbocycles. The lowest BCUT2D eigenvalue weighted by molar-refractivity contribution is -0.0808. The molecule has 0 saturated heterocycles. The molecule has 2 heteroatoms. The van der Waals surface area contributed by atoms with Crippen LogP contribution in [0.25, 0.3) is 0 Å². The number of hydrogen-bond acceptors (Lipinski definition) is 2. The van der Waals surface area contributed by atoms with E-state index < -0.39 is 0 Å². The van der Waals surface area contributed by atoms with Gasteiger partial charge in [0, 0.05) is 12.6 Å². The van der Waals surface area contributed by atoms with Crippen LogP contribution in [-0.2, 0) is 4.74 Å². The summed E-state index contributed by atoms with van der Waals surface area (Å²) in [6.07, 6.45) is 12.9. The number of hydrogen-bond donors (Lipinski definition) is 1. The van der Waals surface area contributed by atoms with E-state index in [2.05, 4.69) is 0 Å². The lowest BCUT2D eigenvalue weighted by Gasteiger charge is -2.58. The molecule has 0 spiro atoms. The van der Waals surface area contributed by atoms with Gasteiger partial charge in [-0.25, -0.2) is 0 Å². The van der Waals surface area contributed by atoms with Crippen LogP contribution in [0.4, 0.5) is 0 Å². The molecule has 1 unspecified atom stereocenters. The van der Waals surface area contributed by atoms with Crippen molar-refractivity contribution in [3.8, 4) is 0 Å². The third-order valence-electron chi connectivity index (χ3n) is 6.54. The molecule has 0 amide bonds. The molecule has 0 aromatic rings. The first kappa shape index (κ1) is 12.6. The summed E-state index contributed by atoms with van der Waals surface area (Å²) in [6, 6.07) is 0.306. The minimum Gasteiger partial charge on any atom is -0.380 e. The van der Waals surface area contributed by atoms with Crippen molar-refractivity contribution in [1.82, 2.24) is 0 Å². The number of nitrogens with two attached hydrogens (primary N) is 1. The predicted molar refractivity (Wildman–Crippen MR) is 76.7 cm³/mol. The number of rotatable bonds is 6. The van der Waals surface area contributed by atoms with Crippen LogP contribution in [0.1, 0.15) is 57.8 Å². The van der Waals surface area contributed by atoms with Crippen molar-refractivity contribution < 1.29 is 4.74 Å². The highest BCUT2D eigenvalue weighted by molar-refractivity contribution is 5.05. The molecule has 5 fully saturated rings. The van der Waals surface area contributed by atoms with Crippen LogP contribution >= 0.6 is 0 Å². The van der Waals surface area contributed by atoms with Crippen LogP contribution in [0, 0.1) is 29.1 Å². The predicted octanol–water partition coefficient (Wildman–Crippen LogP) is 3.35. The zero-order chi connectivity index (χ0) is 12.9. The summed E-state index contributed by atoms with van der Waals surface area (Å²) >= 11 is 0. The van der Waals surface area contributed by atoms with E-state index in [-0.39, 0.29) is 0 Å². The summed E-state index contributed by atoms with van der Waals surface area (Å²) in [5.74, 6) is 3.99. The lowest BCUT2D eigenvalue weighted by atomic mass is 9.48. The summed E-state index contributed by atoms with van der Waals surface area (Å²) in [7, 11) is 0. The molecule has 0 aromatic heterocycles. The summed E-state index contributed by atoms with van der Waals surface area (Å²) in [6.45, 7) is 1.77. The molecule has 108 valence electrons. The normalized spacial score (nSPS) is 45.6. The summed E-state index contributed by atoms with van der Waals surface area (Å²) < 4.78 is 5.91. The topological polar surface area (TPSA) is 35.2 Å². The molecular weight excluding hydrogens is 234 g/mol. The third kappa shape index (κ3) is 2.47. The summed E-state index contributed by atoms with van der Waals surface area (Å²) in [5, 5.41) is 0. The first-order valence-corrected chi connectivity index (χ1v) is 8.57. The molecule has 5 saturated carbocycles. The molecule has 0 aliphatic heterocycles. The highest BCUT2D eigenvalue weighted by Crippen LogP contribution is 2.60. The smallest absolute Gasteiger partial charge is 0.0622 e. The fraction of sp³-hybridized carbons (Fsp3) is 1.00. The third-order valence-corrected chi connectivity index (χ3v) is 6.54. The molecule has 0 heterocycles. The van der Waals surface area contributed by atoms with Gasteiger partial charge in [-0.2, -0.15) is 0 Å². The molecule has 4 bridgehead atoms. The second-order valence-corrected chi connectivity index (χ2v) is 8.19. The second-order valence-electron chi connectivity index (χ2n) is 8.19. The van der Waals surface area contributed by atoms with Gasteiger partial charge in [-0.15, -0.1) is 0 Å². The van der Waals surface area contributed by atoms with Gasteiger partial charge >= 0.3 is 0 Å². The van der Waals surface area contributed by atoms with Crippen LogP contribution in [0.5, 0.6) is 0 Å². The minimum absolute atomic E-state index is 0.306. The van der Waals surface area contributed by atoms with Gasteiger partial charge in [0.2, 0.25) is 0 Å². The Morgan fingerprint density at radius 3 is 2.11 bits per heavy atom. The maximum absolute atomic E-state index is 6.58. The summed E-state index contributed by atoms with van der Waals surface area (Å²) in [4.78, 5) is 0. The van der Waals surface area contributed by atoms with E-state index in [1.165, 1.54) is 57.8 Å². The zero-order valence-corrected chi connectivity index (χ0v) is 12.2. The fourth-order valence-electron chi connectivity index (χ4n) is 5.68. The van der Waals surface area contributed by atoms with Gasteiger partial charge in [-0.05, 0) is 74.0 Å². The molecule has 5 aliphatic rings. The first-order valence-electron chi connectivity index (χ1n) is 8.57. The van der Waals surface area contributed by atoms with E-state index in [0.717, 1.165) is 36.9 Å². The van der Waals surface area contributed by atoms with Crippen LogP contribution in [-0.4, -0.2) is 19.3 Å². The van der Waals surface area contributed by atoms with E-state index in [0.29, 0.717) is 11.5 Å². The Labute approximate surface area is 117 Å². The fourth-order valence-corrected chi connectivity index (χ4v) is 5.68. The van der Waals surface area contributed by atoms with Crippen molar-refractivity contribution in [3.05, 3.63) is 0 Å². The van der Waals surface area contributed by atoms with Crippen LogP contribution in [0.2, 0.25) is 0 Å². The van der Waals surface area contributed by atoms with Crippen molar-refractivity contribution in [1.29, 1.82) is 0 Å². The molecule has 19 heavy (non-hydrogen) atoms. The Morgan fingerprint density at radius 2 is 1.58 bits per heavy atom. The SMILES string of the molecule is NC(COCCC1CC1)C12CC3CC(CC(C3)C1)C2. The zero-order valence-electron chi connectivity index (χ0n) is 12.2. The van der Waals surface area contributed by atoms with Gasteiger partial charge in [-0.1, -0.05) is 12.8 Å². The van der Waals surface area contributed by atoms with E-state index in [9.17, 15) is 0 Å². The molecule has 5 aliphatic carbocycles. The van der Waals surface area contributed by atoms with Crippen LogP contribution < -0.4 is 5.73 Å². The molecule has 2 nitrogen and oxygen atoms in total. The standard InChI is InChI=1S/C17H29NO/c18-16(11-19-4-3-12-1-2-12)17-8-13-5-14(9-17)7-15(6-13)10-17/h12-16H,1-11,18H2. The average molecular weight is 263 g/mol. The average Bonchev–Trinajstić information content (AvgIpc) is 3.16. The van der Waals surface area contributed by atoms with E-state index in [1.54, 1.807) is 0 Å². The molecule has 2 N–H and O–H groups in total. The van der Waals surface area contributed by atoms with Crippen molar-refractivity contribution in [2.24, 2.45) is 34.8 Å². The van der Waals surface area contributed by atoms with Gasteiger partial charge in [0.25, 0.3) is 0 Å². The van der Waals surface area contributed by atoms with Crippen molar-refractivity contribution in [2.45, 2.75) is 63.8 Å². The van der Waals surface area contributed by atoms with Gasteiger partial charge in [0.05, 0.1) is 6.61 Å². The number of ether oxygens (including phenoxy) is 1. The van der Waals surface area contributed by atoms with Crippen LogP contribution in [0.15, 0.2) is 0 Å². The highest BCUT2D eigenvalue weighted by atomic mass is 16.5. The maximum Gasteiger partial charge on any atom is 0.0622 e. The Balaban J connectivity index is 1.32. The van der Waals surface area contributed by atoms with Crippen molar-refractivity contribution >= 4 is 0 Å². The van der Waals surface area contributed by atoms with Gasteiger partial charge in [0.1, 0.15) is 0 Å². The van der Waals surface area contributed by atoms with Gasteiger partial charge in [0.15, 0.2) is 0 Å². The summed E-state index contributed by atoms with van der Waals surface area (Å²) in [5.41, 5.74) is 7.05. The van der Waals surface area contributed by atoms with Crippen molar-refractivity contribution in [2.75, 3.05) is 13.2 Å². The lowest BCUT2D eigenvalue weighted by Crippen LogP contribution is -2.56. The van der Waals surface area contributed by atoms with Crippen molar-refractivity contribution in [3.63, 3.8) is 0 Å². The Bertz CT molecular complexity index is 301. The molecule has 0 radical (unpaired) electrons.